The Balaban J connectivity index is 2.32. The summed E-state index contributed by atoms with van der Waals surface area (Å²) < 4.78 is 0. The Morgan fingerprint density at radius 2 is 1.77 bits per heavy atom. The van der Waals surface area contributed by atoms with Crippen molar-refractivity contribution in [3.8, 4) is 0 Å². The van der Waals surface area contributed by atoms with Gasteiger partial charge in [-0.2, -0.15) is 0 Å². The van der Waals surface area contributed by atoms with Crippen LogP contribution in [0.15, 0.2) is 0 Å². The van der Waals surface area contributed by atoms with Crippen molar-refractivity contribution in [2.45, 2.75) is 45.0 Å². The first kappa shape index (κ1) is 9.44. The minimum Gasteiger partial charge on any atom is -0.390 e. The molecule has 2 saturated carbocycles. The average Bonchev–Trinajstić information content (AvgIpc) is 2.73. The third kappa shape index (κ3) is 0.853. The van der Waals surface area contributed by atoms with Crippen LogP contribution in [0.4, 0.5) is 0 Å². The van der Waals surface area contributed by atoms with Gasteiger partial charge in [-0.1, -0.05) is 13.8 Å². The maximum Gasteiger partial charge on any atom is 0.109 e. The molecule has 2 fully saturated rings. The highest BCUT2D eigenvalue weighted by molar-refractivity contribution is 5.25. The Labute approximate surface area is 78.4 Å². The second kappa shape index (κ2) is 2.27. The molecule has 76 valence electrons. The molecule has 3 heteroatoms. The van der Waals surface area contributed by atoms with Crippen LogP contribution in [-0.4, -0.2) is 33.1 Å². The summed E-state index contributed by atoms with van der Waals surface area (Å²) in [5.74, 6) is 0.390. The number of aliphatic hydroxyl groups excluding tert-OH is 2. The summed E-state index contributed by atoms with van der Waals surface area (Å²) in [4.78, 5) is 0. The Bertz CT molecular complexity index is 232. The molecule has 2 aliphatic carbocycles. The lowest BCUT2D eigenvalue weighted by atomic mass is 9.87. The van der Waals surface area contributed by atoms with Gasteiger partial charge >= 0.3 is 0 Å². The van der Waals surface area contributed by atoms with E-state index in [9.17, 15) is 15.3 Å². The van der Waals surface area contributed by atoms with Gasteiger partial charge in [-0.05, 0) is 25.2 Å². The van der Waals surface area contributed by atoms with Crippen molar-refractivity contribution in [1.29, 1.82) is 0 Å². The fourth-order valence-electron chi connectivity index (χ4n) is 3.17. The zero-order valence-corrected chi connectivity index (χ0v) is 8.36. The normalized spacial score (nSPS) is 59.8. The molecule has 0 amide bonds. The minimum absolute atomic E-state index is 0.0741. The maximum absolute atomic E-state index is 9.95. The second-order valence-electron chi connectivity index (χ2n) is 5.14. The molecule has 2 rings (SSSR count). The fraction of sp³-hybridized carbons (Fsp3) is 1.00. The van der Waals surface area contributed by atoms with E-state index in [1.807, 2.05) is 13.8 Å². The van der Waals surface area contributed by atoms with Crippen molar-refractivity contribution in [3.05, 3.63) is 0 Å². The van der Waals surface area contributed by atoms with Gasteiger partial charge in [-0.25, -0.2) is 0 Å². The van der Waals surface area contributed by atoms with E-state index in [2.05, 4.69) is 0 Å². The highest BCUT2D eigenvalue weighted by Crippen LogP contribution is 2.70. The molecule has 0 unspecified atom stereocenters. The molecule has 0 aromatic rings. The molecule has 0 bridgehead atoms. The Hall–Kier alpha value is -0.120. The molecule has 0 radical (unpaired) electrons. The van der Waals surface area contributed by atoms with Gasteiger partial charge in [0.05, 0.1) is 11.7 Å². The maximum atomic E-state index is 9.95. The third-order valence-corrected chi connectivity index (χ3v) is 4.28. The van der Waals surface area contributed by atoms with Crippen LogP contribution < -0.4 is 0 Å². The van der Waals surface area contributed by atoms with Gasteiger partial charge in [0.1, 0.15) is 6.10 Å². The summed E-state index contributed by atoms with van der Waals surface area (Å²) in [6.07, 6.45) is -0.892. The summed E-state index contributed by atoms with van der Waals surface area (Å²) in [7, 11) is 0. The highest BCUT2D eigenvalue weighted by atomic mass is 16.4. The Morgan fingerprint density at radius 1 is 1.23 bits per heavy atom. The van der Waals surface area contributed by atoms with Crippen molar-refractivity contribution in [1.82, 2.24) is 0 Å². The van der Waals surface area contributed by atoms with Crippen molar-refractivity contribution in [2.75, 3.05) is 0 Å². The monoisotopic (exact) mass is 186 g/mol. The van der Waals surface area contributed by atoms with Gasteiger partial charge < -0.3 is 15.3 Å². The first-order valence-electron chi connectivity index (χ1n) is 4.93. The van der Waals surface area contributed by atoms with Gasteiger partial charge in [0.2, 0.25) is 0 Å². The molecular formula is C10H18O3. The zero-order chi connectivity index (χ0) is 10.0. The first-order chi connectivity index (χ1) is 5.85. The molecule has 0 aromatic carbocycles. The fourth-order valence-corrected chi connectivity index (χ4v) is 3.17. The van der Waals surface area contributed by atoms with Crippen LogP contribution >= 0.6 is 0 Å². The predicted octanol–water partition coefficient (Wildman–Crippen LogP) is 0.135. The van der Waals surface area contributed by atoms with E-state index in [0.29, 0.717) is 5.92 Å². The number of aliphatic hydroxyl groups is 3. The predicted molar refractivity (Wildman–Crippen MR) is 48.0 cm³/mol. The van der Waals surface area contributed by atoms with Gasteiger partial charge in [-0.15, -0.1) is 0 Å². The van der Waals surface area contributed by atoms with Gasteiger partial charge in [-0.3, -0.25) is 0 Å². The number of fused-ring (bicyclic) bond motifs is 1. The van der Waals surface area contributed by atoms with Crippen LogP contribution in [0.25, 0.3) is 0 Å². The number of hydrogen-bond acceptors (Lipinski definition) is 3. The van der Waals surface area contributed by atoms with E-state index in [1.54, 1.807) is 6.92 Å². The van der Waals surface area contributed by atoms with Crippen molar-refractivity contribution in [2.24, 2.45) is 17.3 Å². The zero-order valence-electron chi connectivity index (χ0n) is 8.36. The minimum atomic E-state index is -1.09. The van der Waals surface area contributed by atoms with E-state index in [1.165, 1.54) is 0 Å². The molecule has 2 aliphatic rings. The topological polar surface area (TPSA) is 60.7 Å². The Morgan fingerprint density at radius 3 is 2.00 bits per heavy atom. The van der Waals surface area contributed by atoms with E-state index in [-0.39, 0.29) is 11.3 Å². The van der Waals surface area contributed by atoms with Crippen molar-refractivity contribution < 1.29 is 15.3 Å². The molecular weight excluding hydrogens is 168 g/mol. The van der Waals surface area contributed by atoms with Crippen LogP contribution in [0, 0.1) is 17.3 Å². The molecule has 0 heterocycles. The lowest BCUT2D eigenvalue weighted by molar-refractivity contribution is -0.103. The van der Waals surface area contributed by atoms with Crippen LogP contribution in [0.3, 0.4) is 0 Å². The molecule has 0 aromatic heterocycles. The SMILES string of the molecule is CC(C)[C@]12C[C@H]1[C@](C)(O)[C@H](O)[C@H]2O. The lowest BCUT2D eigenvalue weighted by Crippen LogP contribution is -2.44. The molecule has 5 atom stereocenters. The van der Waals surface area contributed by atoms with Crippen LogP contribution in [0.1, 0.15) is 27.2 Å². The van der Waals surface area contributed by atoms with Crippen LogP contribution in [0.5, 0.6) is 0 Å². The summed E-state index contributed by atoms with van der Waals surface area (Å²) in [5.41, 5.74) is -1.31. The molecule has 3 N–H and O–H groups in total. The number of rotatable bonds is 1. The summed E-state index contributed by atoms with van der Waals surface area (Å²) in [6, 6.07) is 0. The van der Waals surface area contributed by atoms with Crippen LogP contribution in [-0.2, 0) is 0 Å². The summed E-state index contributed by atoms with van der Waals surface area (Å²) >= 11 is 0. The van der Waals surface area contributed by atoms with Crippen molar-refractivity contribution >= 4 is 0 Å². The largest absolute Gasteiger partial charge is 0.390 e. The van der Waals surface area contributed by atoms with E-state index < -0.39 is 17.8 Å². The van der Waals surface area contributed by atoms with Gasteiger partial charge in [0.15, 0.2) is 0 Å². The van der Waals surface area contributed by atoms with Gasteiger partial charge in [0.25, 0.3) is 0 Å². The van der Waals surface area contributed by atoms with Gasteiger partial charge in [0, 0.05) is 5.41 Å². The van der Waals surface area contributed by atoms with E-state index >= 15 is 0 Å². The van der Waals surface area contributed by atoms with E-state index in [4.69, 9.17) is 0 Å². The second-order valence-corrected chi connectivity index (χ2v) is 5.14. The quantitative estimate of drug-likeness (QED) is 0.545. The smallest absolute Gasteiger partial charge is 0.109 e. The third-order valence-electron chi connectivity index (χ3n) is 4.28. The van der Waals surface area contributed by atoms with Crippen LogP contribution in [0.2, 0.25) is 0 Å². The first-order valence-corrected chi connectivity index (χ1v) is 4.93. The molecule has 13 heavy (non-hydrogen) atoms. The molecule has 0 spiro atoms. The Kier molecular flexibility index (Phi) is 1.65. The highest BCUT2D eigenvalue weighted by Gasteiger charge is 2.76. The molecule has 0 aliphatic heterocycles. The summed E-state index contributed by atoms with van der Waals surface area (Å²) in [6.45, 7) is 5.71. The average molecular weight is 186 g/mol. The molecule has 0 saturated heterocycles. The van der Waals surface area contributed by atoms with E-state index in [0.717, 1.165) is 6.42 Å². The summed E-state index contributed by atoms with van der Waals surface area (Å²) in [5, 5.41) is 29.4. The number of hydrogen-bond donors (Lipinski definition) is 3. The standard InChI is InChI=1S/C10H18O3/c1-5(2)10-4-6(10)9(3,13)7(11)8(10)12/h5-8,11-13H,4H2,1-3H3/t6-,7+,8+,9-,10+/m0/s1. The lowest BCUT2D eigenvalue weighted by Gasteiger charge is -2.28. The molecule has 3 nitrogen and oxygen atoms in total. The van der Waals surface area contributed by atoms with Crippen molar-refractivity contribution in [3.63, 3.8) is 0 Å².